The van der Waals surface area contributed by atoms with Crippen LogP contribution in [0.2, 0.25) is 0 Å². The molecular formula is C17H18N2O2. The van der Waals surface area contributed by atoms with E-state index < -0.39 is 0 Å². The number of hydrogen-bond acceptors (Lipinski definition) is 3. The van der Waals surface area contributed by atoms with Gasteiger partial charge >= 0.3 is 0 Å². The van der Waals surface area contributed by atoms with Gasteiger partial charge in [0.25, 0.3) is 5.69 Å². The molecule has 4 nitrogen and oxygen atoms in total. The Hall–Kier alpha value is -2.20. The van der Waals surface area contributed by atoms with Gasteiger partial charge in [-0.2, -0.15) is 0 Å². The van der Waals surface area contributed by atoms with Gasteiger partial charge in [-0.05, 0) is 29.9 Å². The third kappa shape index (κ3) is 3.47. The van der Waals surface area contributed by atoms with Crippen LogP contribution in [-0.2, 0) is 13.1 Å². The molecule has 1 fully saturated rings. The van der Waals surface area contributed by atoms with E-state index >= 15 is 0 Å². The largest absolute Gasteiger partial charge is 0.308 e. The molecule has 0 atom stereocenters. The van der Waals surface area contributed by atoms with Crippen LogP contribution in [0.25, 0.3) is 0 Å². The smallest absolute Gasteiger partial charge is 0.273 e. The van der Waals surface area contributed by atoms with Crippen molar-refractivity contribution in [3.63, 3.8) is 0 Å². The van der Waals surface area contributed by atoms with Gasteiger partial charge in [0.2, 0.25) is 0 Å². The van der Waals surface area contributed by atoms with Crippen molar-refractivity contribution in [2.24, 2.45) is 0 Å². The van der Waals surface area contributed by atoms with Crippen LogP contribution in [0.1, 0.15) is 35.4 Å². The first-order chi connectivity index (χ1) is 10.2. The molecule has 0 heterocycles. The molecule has 0 aliphatic heterocycles. The van der Waals surface area contributed by atoms with Gasteiger partial charge < -0.3 is 5.32 Å². The van der Waals surface area contributed by atoms with E-state index in [-0.39, 0.29) is 10.6 Å². The van der Waals surface area contributed by atoms with E-state index in [1.807, 2.05) is 6.07 Å². The van der Waals surface area contributed by atoms with E-state index in [1.165, 1.54) is 24.0 Å². The average Bonchev–Trinajstić information content (AvgIpc) is 3.33. The molecule has 108 valence electrons. The number of benzene rings is 2. The Morgan fingerprint density at radius 1 is 1.10 bits per heavy atom. The van der Waals surface area contributed by atoms with Crippen molar-refractivity contribution in [1.82, 2.24) is 5.32 Å². The van der Waals surface area contributed by atoms with Gasteiger partial charge in [0, 0.05) is 24.7 Å². The zero-order valence-corrected chi connectivity index (χ0v) is 11.8. The molecule has 0 saturated heterocycles. The fraction of sp³-hybridized carbons (Fsp3) is 0.294. The summed E-state index contributed by atoms with van der Waals surface area (Å²) < 4.78 is 0. The molecule has 3 rings (SSSR count). The zero-order chi connectivity index (χ0) is 14.7. The summed E-state index contributed by atoms with van der Waals surface area (Å²) in [5.74, 6) is 0.750. The second kappa shape index (κ2) is 6.06. The average molecular weight is 282 g/mol. The van der Waals surface area contributed by atoms with Crippen LogP contribution in [0.3, 0.4) is 0 Å². The molecule has 0 spiro atoms. The summed E-state index contributed by atoms with van der Waals surface area (Å²) in [4.78, 5) is 10.6. The minimum Gasteiger partial charge on any atom is -0.308 e. The Labute approximate surface area is 124 Å². The van der Waals surface area contributed by atoms with E-state index in [4.69, 9.17) is 0 Å². The van der Waals surface area contributed by atoms with Gasteiger partial charge in [-0.25, -0.2) is 0 Å². The number of nitro benzene ring substituents is 1. The first kappa shape index (κ1) is 13.8. The molecule has 0 amide bonds. The highest BCUT2D eigenvalue weighted by Gasteiger charge is 2.23. The number of hydrogen-bond donors (Lipinski definition) is 1. The van der Waals surface area contributed by atoms with Crippen LogP contribution in [-0.4, -0.2) is 4.92 Å². The summed E-state index contributed by atoms with van der Waals surface area (Å²) in [6.07, 6.45) is 2.60. The molecule has 1 N–H and O–H groups in total. The van der Waals surface area contributed by atoms with Gasteiger partial charge in [0.05, 0.1) is 4.92 Å². The maximum atomic E-state index is 11.0. The van der Waals surface area contributed by atoms with Crippen LogP contribution in [0.15, 0.2) is 48.5 Å². The van der Waals surface area contributed by atoms with Crippen molar-refractivity contribution in [3.8, 4) is 0 Å². The third-order valence-corrected chi connectivity index (χ3v) is 3.83. The fourth-order valence-electron chi connectivity index (χ4n) is 2.55. The summed E-state index contributed by atoms with van der Waals surface area (Å²) in [7, 11) is 0. The van der Waals surface area contributed by atoms with Crippen molar-refractivity contribution in [2.45, 2.75) is 31.8 Å². The van der Waals surface area contributed by atoms with E-state index in [0.29, 0.717) is 6.54 Å². The lowest BCUT2D eigenvalue weighted by atomic mass is 10.1. The summed E-state index contributed by atoms with van der Waals surface area (Å²) >= 11 is 0. The van der Waals surface area contributed by atoms with Crippen LogP contribution >= 0.6 is 0 Å². The lowest BCUT2D eigenvalue weighted by Gasteiger charge is -2.07. The highest BCUT2D eigenvalue weighted by molar-refractivity contribution is 5.39. The minimum atomic E-state index is -0.329. The normalized spacial score (nSPS) is 14.1. The Morgan fingerprint density at radius 3 is 2.67 bits per heavy atom. The number of rotatable bonds is 6. The molecule has 1 aliphatic carbocycles. The highest BCUT2D eigenvalue weighted by Crippen LogP contribution is 2.40. The van der Waals surface area contributed by atoms with E-state index in [9.17, 15) is 10.1 Å². The lowest BCUT2D eigenvalue weighted by molar-refractivity contribution is -0.385. The first-order valence-electron chi connectivity index (χ1n) is 7.26. The van der Waals surface area contributed by atoms with Crippen molar-refractivity contribution in [2.75, 3.05) is 0 Å². The molecule has 1 aliphatic rings. The van der Waals surface area contributed by atoms with E-state index in [2.05, 4.69) is 29.6 Å². The van der Waals surface area contributed by atoms with Gasteiger partial charge in [-0.1, -0.05) is 42.5 Å². The van der Waals surface area contributed by atoms with Crippen LogP contribution < -0.4 is 5.32 Å². The molecule has 2 aromatic carbocycles. The Kier molecular flexibility index (Phi) is 3.97. The summed E-state index contributed by atoms with van der Waals surface area (Å²) in [6, 6.07) is 15.5. The minimum absolute atomic E-state index is 0.178. The maximum absolute atomic E-state index is 11.0. The highest BCUT2D eigenvalue weighted by atomic mass is 16.6. The van der Waals surface area contributed by atoms with Crippen LogP contribution in [0.5, 0.6) is 0 Å². The molecule has 1 saturated carbocycles. The van der Waals surface area contributed by atoms with Crippen molar-refractivity contribution >= 4 is 5.69 Å². The topological polar surface area (TPSA) is 55.2 Å². The van der Waals surface area contributed by atoms with Crippen molar-refractivity contribution in [1.29, 1.82) is 0 Å². The van der Waals surface area contributed by atoms with Crippen LogP contribution in [0, 0.1) is 10.1 Å². The van der Waals surface area contributed by atoms with Crippen molar-refractivity contribution < 1.29 is 4.92 Å². The molecule has 0 radical (unpaired) electrons. The number of nitro groups is 1. The zero-order valence-electron chi connectivity index (χ0n) is 11.8. The molecule has 4 heteroatoms. The second-order valence-electron chi connectivity index (χ2n) is 5.51. The number of nitrogens with zero attached hydrogens (tertiary/aromatic N) is 1. The molecular weight excluding hydrogens is 264 g/mol. The van der Waals surface area contributed by atoms with Gasteiger partial charge in [0.15, 0.2) is 0 Å². The molecule has 0 unspecified atom stereocenters. The van der Waals surface area contributed by atoms with E-state index in [1.54, 1.807) is 18.2 Å². The lowest BCUT2D eigenvalue weighted by Crippen LogP contribution is -2.13. The molecule has 21 heavy (non-hydrogen) atoms. The summed E-state index contributed by atoms with van der Waals surface area (Å²) in [6.45, 7) is 1.23. The second-order valence-corrected chi connectivity index (χ2v) is 5.51. The SMILES string of the molecule is O=[N+]([O-])c1ccccc1CNCc1cccc(C2CC2)c1. The molecule has 0 aromatic heterocycles. The Bertz CT molecular complexity index is 651. The third-order valence-electron chi connectivity index (χ3n) is 3.83. The van der Waals surface area contributed by atoms with Crippen molar-refractivity contribution in [3.05, 3.63) is 75.3 Å². The maximum Gasteiger partial charge on any atom is 0.273 e. The first-order valence-corrected chi connectivity index (χ1v) is 7.26. The predicted octanol–water partition coefficient (Wildman–Crippen LogP) is 3.76. The summed E-state index contributed by atoms with van der Waals surface area (Å²) in [5, 5.41) is 14.3. The monoisotopic (exact) mass is 282 g/mol. The quantitative estimate of drug-likeness (QED) is 0.648. The molecule has 0 bridgehead atoms. The van der Waals surface area contributed by atoms with E-state index in [0.717, 1.165) is 18.0 Å². The van der Waals surface area contributed by atoms with Crippen LogP contribution in [0.4, 0.5) is 5.69 Å². The number of nitrogens with one attached hydrogen (secondary N) is 1. The summed E-state index contributed by atoms with van der Waals surface area (Å²) in [5.41, 5.74) is 3.55. The Balaban J connectivity index is 1.61. The number of para-hydroxylation sites is 1. The van der Waals surface area contributed by atoms with Gasteiger partial charge in [0.1, 0.15) is 0 Å². The fourth-order valence-corrected chi connectivity index (χ4v) is 2.55. The van der Waals surface area contributed by atoms with Gasteiger partial charge in [-0.3, -0.25) is 10.1 Å². The van der Waals surface area contributed by atoms with Gasteiger partial charge in [-0.15, -0.1) is 0 Å². The standard InChI is InChI=1S/C17H18N2O2/c20-19(21)17-7-2-1-5-16(17)12-18-11-13-4-3-6-15(10-13)14-8-9-14/h1-7,10,14,18H,8-9,11-12H2. The Morgan fingerprint density at radius 2 is 1.90 bits per heavy atom. The molecule has 2 aromatic rings. The predicted molar refractivity (Wildman–Crippen MR) is 82.1 cm³/mol.